The van der Waals surface area contributed by atoms with Gasteiger partial charge in [-0.2, -0.15) is 4.31 Å². The molecule has 2 N–H and O–H groups in total. The Bertz CT molecular complexity index is 1490. The Balaban J connectivity index is 0.942. The van der Waals surface area contributed by atoms with Crippen molar-refractivity contribution in [2.75, 3.05) is 47.3 Å². The van der Waals surface area contributed by atoms with Gasteiger partial charge in [0.1, 0.15) is 0 Å². The molecular formula is C32H41N5O5S. The molecule has 10 nitrogen and oxygen atoms in total. The van der Waals surface area contributed by atoms with Crippen molar-refractivity contribution in [1.29, 1.82) is 0 Å². The monoisotopic (exact) mass is 607 g/mol. The number of aliphatic hydroxyl groups is 1. The maximum atomic E-state index is 13.2. The first kappa shape index (κ1) is 27.5. The maximum Gasteiger partial charge on any atom is 0.431 e. The zero-order chi connectivity index (χ0) is 29.5. The summed E-state index contributed by atoms with van der Waals surface area (Å²) in [7, 11) is -3.19. The maximum absolute atomic E-state index is 13.2. The first-order chi connectivity index (χ1) is 20.6. The van der Waals surface area contributed by atoms with E-state index in [0.717, 1.165) is 67.7 Å². The standard InChI is InChI=1S/C32H41N5O5S/c1-43(40,41)37-26-10-11-27(37)20-34(19-26)24-6-8-25(9-7-24)35-12-13-36(29-5-3-2-4-28(29)35)42-31(38)33-30-22-14-21-15-23(30)18-32(39,16-21)17-22/h2-9,21-23,26-27,30,39H,10-20H2,1H3,(H,33,38)/t21?,22?,23?,26-,27-,30?,32?/m1/s1. The number of piperazine rings is 1. The largest absolute Gasteiger partial charge is 0.431 e. The number of anilines is 4. The highest BCUT2D eigenvalue weighted by Gasteiger charge is 2.55. The van der Waals surface area contributed by atoms with Crippen molar-refractivity contribution in [3.63, 3.8) is 0 Å². The van der Waals surface area contributed by atoms with E-state index in [-0.39, 0.29) is 18.1 Å². The van der Waals surface area contributed by atoms with Gasteiger partial charge in [-0.05, 0) is 99.1 Å². The Labute approximate surface area is 253 Å². The number of sulfonamides is 1. The summed E-state index contributed by atoms with van der Waals surface area (Å²) in [6.45, 7) is 2.62. The van der Waals surface area contributed by atoms with Gasteiger partial charge in [-0.15, -0.1) is 0 Å². The van der Waals surface area contributed by atoms with Crippen LogP contribution in [0.15, 0.2) is 48.5 Å². The fraction of sp³-hybridized carbons (Fsp3) is 0.594. The number of carbonyl (C=O) groups excluding carboxylic acids is 1. The van der Waals surface area contributed by atoms with E-state index in [1.807, 2.05) is 18.2 Å². The van der Waals surface area contributed by atoms with Crippen LogP contribution in [-0.4, -0.2) is 80.1 Å². The van der Waals surface area contributed by atoms with E-state index in [1.54, 1.807) is 9.37 Å². The summed E-state index contributed by atoms with van der Waals surface area (Å²) >= 11 is 0. The molecule has 9 rings (SSSR count). The van der Waals surface area contributed by atoms with Crippen molar-refractivity contribution < 1.29 is 23.2 Å². The second-order valence-electron chi connectivity index (χ2n) is 13.9. The highest BCUT2D eigenvalue weighted by atomic mass is 32.2. The van der Waals surface area contributed by atoms with Crippen LogP contribution >= 0.6 is 0 Å². The van der Waals surface area contributed by atoms with Gasteiger partial charge in [0.2, 0.25) is 10.0 Å². The molecule has 0 spiro atoms. The van der Waals surface area contributed by atoms with Gasteiger partial charge in [-0.25, -0.2) is 18.3 Å². The lowest BCUT2D eigenvalue weighted by molar-refractivity contribution is -0.137. The third-order valence-electron chi connectivity index (χ3n) is 11.0. The number of fused-ring (bicyclic) bond motifs is 3. The number of hydrogen-bond donors (Lipinski definition) is 2. The van der Waals surface area contributed by atoms with Crippen molar-refractivity contribution >= 4 is 38.9 Å². The van der Waals surface area contributed by atoms with Crippen LogP contribution in [0.5, 0.6) is 0 Å². The minimum absolute atomic E-state index is 0.0419. The van der Waals surface area contributed by atoms with Gasteiger partial charge in [0.05, 0.1) is 29.8 Å². The van der Waals surface area contributed by atoms with Crippen LogP contribution in [0, 0.1) is 17.8 Å². The zero-order valence-electron chi connectivity index (χ0n) is 24.6. The van der Waals surface area contributed by atoms with E-state index >= 15 is 0 Å². The molecular weight excluding hydrogens is 566 g/mol. The van der Waals surface area contributed by atoms with Crippen molar-refractivity contribution in [1.82, 2.24) is 9.62 Å². The normalized spacial score (nSPS) is 34.8. The fourth-order valence-electron chi connectivity index (χ4n) is 9.64. The number of carbonyl (C=O) groups is 1. The quantitative estimate of drug-likeness (QED) is 0.529. The minimum atomic E-state index is -3.19. The average Bonchev–Trinajstić information content (AvgIpc) is 3.25. The number of amides is 1. The summed E-state index contributed by atoms with van der Waals surface area (Å²) in [5, 5.41) is 15.8. The van der Waals surface area contributed by atoms with Crippen molar-refractivity contribution in [2.45, 2.75) is 68.7 Å². The Morgan fingerprint density at radius 3 is 2.16 bits per heavy atom. The molecule has 3 aliphatic heterocycles. The molecule has 0 aromatic heterocycles. The molecule has 3 heterocycles. The molecule has 2 unspecified atom stereocenters. The van der Waals surface area contributed by atoms with Crippen LogP contribution in [0.3, 0.4) is 0 Å². The molecule has 6 bridgehead atoms. The molecule has 43 heavy (non-hydrogen) atoms. The molecule has 4 aliphatic carbocycles. The van der Waals surface area contributed by atoms with E-state index < -0.39 is 21.7 Å². The topological polar surface area (TPSA) is 106 Å². The van der Waals surface area contributed by atoms with E-state index in [4.69, 9.17) is 4.84 Å². The van der Waals surface area contributed by atoms with Crippen LogP contribution in [-0.2, 0) is 14.9 Å². The summed E-state index contributed by atoms with van der Waals surface area (Å²) in [4.78, 5) is 23.7. The molecule has 2 aromatic carbocycles. The summed E-state index contributed by atoms with van der Waals surface area (Å²) in [6.07, 6.45) is 7.40. The Morgan fingerprint density at radius 2 is 1.53 bits per heavy atom. The van der Waals surface area contributed by atoms with Gasteiger partial charge in [-0.1, -0.05) is 12.1 Å². The van der Waals surface area contributed by atoms with Crippen LogP contribution in [0.2, 0.25) is 0 Å². The summed E-state index contributed by atoms with van der Waals surface area (Å²) < 4.78 is 26.3. The van der Waals surface area contributed by atoms with Crippen molar-refractivity contribution in [3.05, 3.63) is 48.5 Å². The van der Waals surface area contributed by atoms with E-state index in [0.29, 0.717) is 43.9 Å². The third kappa shape index (κ3) is 4.84. The van der Waals surface area contributed by atoms with Crippen molar-refractivity contribution in [2.24, 2.45) is 17.8 Å². The van der Waals surface area contributed by atoms with Crippen LogP contribution in [0.1, 0.15) is 44.9 Å². The SMILES string of the molecule is CS(=O)(=O)N1[C@@H]2CC[C@@H]1CN(c1ccc(N3CCN(OC(=O)NC4C5CC6CC4CC(O)(C6)C5)c4ccccc43)cc1)C2. The van der Waals surface area contributed by atoms with Gasteiger partial charge in [0, 0.05) is 49.1 Å². The molecule has 7 aliphatic rings. The first-order valence-corrected chi connectivity index (χ1v) is 17.7. The number of nitrogens with zero attached hydrogens (tertiary/aromatic N) is 4. The van der Waals surface area contributed by atoms with Crippen LogP contribution < -0.4 is 20.2 Å². The number of hydroxylamine groups is 1. The van der Waals surface area contributed by atoms with Gasteiger partial charge in [0.15, 0.2) is 0 Å². The molecule has 1 amide bonds. The van der Waals surface area contributed by atoms with Gasteiger partial charge in [-0.3, -0.25) is 0 Å². The Morgan fingerprint density at radius 1 is 0.907 bits per heavy atom. The number of para-hydroxylation sites is 2. The lowest BCUT2D eigenvalue weighted by Crippen LogP contribution is -2.62. The molecule has 6 fully saturated rings. The molecule has 11 heteroatoms. The summed E-state index contributed by atoms with van der Waals surface area (Å²) in [6, 6.07) is 16.7. The Hall–Kier alpha value is -3.02. The first-order valence-electron chi connectivity index (χ1n) is 15.8. The van der Waals surface area contributed by atoms with Gasteiger partial charge in [0.25, 0.3) is 0 Å². The fourth-order valence-corrected chi connectivity index (χ4v) is 11.1. The lowest BCUT2D eigenvalue weighted by atomic mass is 9.52. The highest BCUT2D eigenvalue weighted by Crippen LogP contribution is 2.55. The molecule has 2 saturated heterocycles. The predicted molar refractivity (Wildman–Crippen MR) is 165 cm³/mol. The molecule has 4 saturated carbocycles. The van der Waals surface area contributed by atoms with Gasteiger partial charge < -0.3 is 25.1 Å². The highest BCUT2D eigenvalue weighted by molar-refractivity contribution is 7.88. The number of rotatable bonds is 5. The number of nitrogens with one attached hydrogen (secondary N) is 1. The van der Waals surface area contributed by atoms with E-state index in [2.05, 4.69) is 45.4 Å². The summed E-state index contributed by atoms with van der Waals surface area (Å²) in [5.41, 5.74) is 3.47. The van der Waals surface area contributed by atoms with E-state index in [9.17, 15) is 18.3 Å². The summed E-state index contributed by atoms with van der Waals surface area (Å²) in [5.74, 6) is 1.25. The lowest BCUT2D eigenvalue weighted by Gasteiger charge is -2.57. The minimum Gasteiger partial charge on any atom is -0.390 e. The molecule has 4 atom stereocenters. The second-order valence-corrected chi connectivity index (χ2v) is 15.8. The Kier molecular flexibility index (Phi) is 6.40. The predicted octanol–water partition coefficient (Wildman–Crippen LogP) is 3.84. The van der Waals surface area contributed by atoms with Gasteiger partial charge >= 0.3 is 6.09 Å². The smallest absolute Gasteiger partial charge is 0.390 e. The molecule has 2 aromatic rings. The molecule has 0 radical (unpaired) electrons. The molecule has 230 valence electrons. The third-order valence-corrected chi connectivity index (χ3v) is 12.4. The zero-order valence-corrected chi connectivity index (χ0v) is 25.5. The number of hydrogen-bond acceptors (Lipinski definition) is 8. The average molecular weight is 608 g/mol. The van der Waals surface area contributed by atoms with E-state index in [1.165, 1.54) is 6.26 Å². The second kappa shape index (κ2) is 10.0. The van der Waals surface area contributed by atoms with Crippen LogP contribution in [0.25, 0.3) is 0 Å². The van der Waals surface area contributed by atoms with Crippen LogP contribution in [0.4, 0.5) is 27.5 Å². The van der Waals surface area contributed by atoms with Crippen molar-refractivity contribution in [3.8, 4) is 0 Å². The number of benzene rings is 2.